The summed E-state index contributed by atoms with van der Waals surface area (Å²) in [7, 11) is 1.57. The highest BCUT2D eigenvalue weighted by Gasteiger charge is 2.19. The lowest BCUT2D eigenvalue weighted by atomic mass is 9.97. The molecule has 20 heavy (non-hydrogen) atoms. The summed E-state index contributed by atoms with van der Waals surface area (Å²) in [4.78, 5) is 12.2. The van der Waals surface area contributed by atoms with E-state index >= 15 is 0 Å². The molecule has 0 unspecified atom stereocenters. The number of benzene rings is 1. The van der Waals surface area contributed by atoms with E-state index in [0.29, 0.717) is 6.54 Å². The van der Waals surface area contributed by atoms with Gasteiger partial charge in [-0.15, -0.1) is 0 Å². The van der Waals surface area contributed by atoms with Crippen molar-refractivity contribution in [3.8, 4) is 0 Å². The lowest BCUT2D eigenvalue weighted by Gasteiger charge is -2.17. The third-order valence-electron chi connectivity index (χ3n) is 3.71. The third-order valence-corrected chi connectivity index (χ3v) is 3.71. The van der Waals surface area contributed by atoms with Crippen LogP contribution < -0.4 is 5.32 Å². The Morgan fingerprint density at radius 2 is 2.10 bits per heavy atom. The molecule has 0 heterocycles. The first kappa shape index (κ1) is 14.8. The van der Waals surface area contributed by atoms with E-state index in [2.05, 4.69) is 11.4 Å². The molecule has 0 saturated heterocycles. The van der Waals surface area contributed by atoms with Crippen LogP contribution in [-0.2, 0) is 9.53 Å². The lowest BCUT2D eigenvalue weighted by Crippen LogP contribution is -2.31. The largest absolute Gasteiger partial charge is 0.367 e. The molecule has 108 valence electrons. The van der Waals surface area contributed by atoms with Gasteiger partial charge in [0.1, 0.15) is 0 Å². The summed E-state index contributed by atoms with van der Waals surface area (Å²) < 4.78 is 5.31. The predicted octanol–water partition coefficient (Wildman–Crippen LogP) is 3.38. The normalized spacial score (nSPS) is 16.4. The minimum Gasteiger partial charge on any atom is -0.367 e. The second kappa shape index (κ2) is 7.85. The van der Waals surface area contributed by atoms with Gasteiger partial charge in [-0.2, -0.15) is 0 Å². The summed E-state index contributed by atoms with van der Waals surface area (Å²) in [5, 5.41) is 2.97. The SMILES string of the molecule is CO[C@@H](C(=O)NCCC1=CCCCC1)c1ccccc1. The number of nitrogens with one attached hydrogen (secondary N) is 1. The zero-order valence-electron chi connectivity index (χ0n) is 12.1. The number of ether oxygens (including phenoxy) is 1. The maximum absolute atomic E-state index is 12.2. The van der Waals surface area contributed by atoms with Gasteiger partial charge in [-0.3, -0.25) is 4.79 Å². The first-order valence-corrected chi connectivity index (χ1v) is 7.34. The van der Waals surface area contributed by atoms with Gasteiger partial charge in [-0.25, -0.2) is 0 Å². The average Bonchev–Trinajstić information content (AvgIpc) is 2.50. The number of amides is 1. The zero-order chi connectivity index (χ0) is 14.2. The van der Waals surface area contributed by atoms with Crippen LogP contribution in [0.5, 0.6) is 0 Å². The van der Waals surface area contributed by atoms with E-state index in [-0.39, 0.29) is 5.91 Å². The Labute approximate surface area is 121 Å². The average molecular weight is 273 g/mol. The first-order chi connectivity index (χ1) is 9.81. The molecular weight excluding hydrogens is 250 g/mol. The quantitative estimate of drug-likeness (QED) is 0.807. The number of methoxy groups -OCH3 is 1. The third kappa shape index (κ3) is 4.20. The van der Waals surface area contributed by atoms with E-state index in [0.717, 1.165) is 12.0 Å². The molecule has 1 amide bonds. The lowest BCUT2D eigenvalue weighted by molar-refractivity contribution is -0.131. The van der Waals surface area contributed by atoms with E-state index in [4.69, 9.17) is 4.74 Å². The fourth-order valence-corrected chi connectivity index (χ4v) is 2.59. The molecule has 1 aliphatic carbocycles. The van der Waals surface area contributed by atoms with E-state index < -0.39 is 6.10 Å². The van der Waals surface area contributed by atoms with Crippen LogP contribution in [0.2, 0.25) is 0 Å². The van der Waals surface area contributed by atoms with E-state index in [9.17, 15) is 4.79 Å². The Balaban J connectivity index is 1.82. The maximum Gasteiger partial charge on any atom is 0.253 e. The van der Waals surface area contributed by atoms with Gasteiger partial charge < -0.3 is 10.1 Å². The molecule has 0 radical (unpaired) electrons. The van der Waals surface area contributed by atoms with Crippen molar-refractivity contribution in [2.24, 2.45) is 0 Å². The second-order valence-electron chi connectivity index (χ2n) is 5.18. The van der Waals surface area contributed by atoms with Gasteiger partial charge in [-0.05, 0) is 37.7 Å². The van der Waals surface area contributed by atoms with E-state index in [1.807, 2.05) is 30.3 Å². The topological polar surface area (TPSA) is 38.3 Å². The Morgan fingerprint density at radius 1 is 1.30 bits per heavy atom. The van der Waals surface area contributed by atoms with Gasteiger partial charge in [0.25, 0.3) is 5.91 Å². The molecule has 2 rings (SSSR count). The van der Waals surface area contributed by atoms with Crippen molar-refractivity contribution in [3.63, 3.8) is 0 Å². The summed E-state index contributed by atoms with van der Waals surface area (Å²) in [6.45, 7) is 0.692. The maximum atomic E-state index is 12.2. The van der Waals surface area contributed by atoms with Crippen molar-refractivity contribution in [1.82, 2.24) is 5.32 Å². The molecule has 0 aliphatic heterocycles. The van der Waals surface area contributed by atoms with Crippen LogP contribution in [0.25, 0.3) is 0 Å². The van der Waals surface area contributed by atoms with E-state index in [1.54, 1.807) is 7.11 Å². The Morgan fingerprint density at radius 3 is 2.75 bits per heavy atom. The number of carbonyl (C=O) groups excluding carboxylic acids is 1. The van der Waals surface area contributed by atoms with Crippen molar-refractivity contribution in [2.75, 3.05) is 13.7 Å². The number of allylic oxidation sites excluding steroid dienone is 1. The van der Waals surface area contributed by atoms with Gasteiger partial charge in [0, 0.05) is 13.7 Å². The smallest absolute Gasteiger partial charge is 0.253 e. The van der Waals surface area contributed by atoms with Crippen molar-refractivity contribution in [1.29, 1.82) is 0 Å². The van der Waals surface area contributed by atoms with Crippen molar-refractivity contribution < 1.29 is 9.53 Å². The standard InChI is InChI=1S/C17H23NO2/c1-20-16(15-10-6-3-7-11-15)17(19)18-13-12-14-8-4-2-5-9-14/h3,6-8,10-11,16H,2,4-5,9,12-13H2,1H3,(H,18,19)/t16-/m1/s1. The van der Waals surface area contributed by atoms with Crippen LogP contribution in [0.4, 0.5) is 0 Å². The van der Waals surface area contributed by atoms with Crippen LogP contribution >= 0.6 is 0 Å². The fraction of sp³-hybridized carbons (Fsp3) is 0.471. The molecule has 0 bridgehead atoms. The molecule has 1 N–H and O–H groups in total. The number of carbonyl (C=O) groups is 1. The Hall–Kier alpha value is -1.61. The Bertz CT molecular complexity index is 453. The Kier molecular flexibility index (Phi) is 5.81. The fourth-order valence-electron chi connectivity index (χ4n) is 2.59. The number of rotatable bonds is 6. The predicted molar refractivity (Wildman–Crippen MR) is 80.4 cm³/mol. The van der Waals surface area contributed by atoms with Crippen molar-refractivity contribution in [3.05, 3.63) is 47.5 Å². The summed E-state index contributed by atoms with van der Waals surface area (Å²) >= 11 is 0. The minimum atomic E-state index is -0.517. The van der Waals surface area contributed by atoms with Gasteiger partial charge in [0.2, 0.25) is 0 Å². The van der Waals surface area contributed by atoms with Crippen LogP contribution in [0.1, 0.15) is 43.8 Å². The first-order valence-electron chi connectivity index (χ1n) is 7.34. The molecule has 0 saturated carbocycles. The molecule has 1 aliphatic rings. The second-order valence-corrected chi connectivity index (χ2v) is 5.18. The van der Waals surface area contributed by atoms with E-state index in [1.165, 1.54) is 31.3 Å². The van der Waals surface area contributed by atoms with Gasteiger partial charge in [-0.1, -0.05) is 42.0 Å². The summed E-state index contributed by atoms with van der Waals surface area (Å²) in [5.41, 5.74) is 2.37. The molecule has 1 aromatic rings. The molecule has 3 heteroatoms. The molecule has 1 atom stereocenters. The molecule has 0 spiro atoms. The molecule has 0 aromatic heterocycles. The molecule has 3 nitrogen and oxygen atoms in total. The molecule has 0 fully saturated rings. The number of hydrogen-bond acceptors (Lipinski definition) is 2. The van der Waals surface area contributed by atoms with Crippen LogP contribution in [0.15, 0.2) is 42.0 Å². The highest BCUT2D eigenvalue weighted by Crippen LogP contribution is 2.20. The highest BCUT2D eigenvalue weighted by atomic mass is 16.5. The van der Waals surface area contributed by atoms with Crippen molar-refractivity contribution >= 4 is 5.91 Å². The summed E-state index contributed by atoms with van der Waals surface area (Å²) in [5.74, 6) is -0.0601. The number of hydrogen-bond donors (Lipinski definition) is 1. The van der Waals surface area contributed by atoms with Gasteiger partial charge in [0.05, 0.1) is 0 Å². The monoisotopic (exact) mass is 273 g/mol. The summed E-state index contributed by atoms with van der Waals surface area (Å²) in [6, 6.07) is 9.60. The van der Waals surface area contributed by atoms with Crippen LogP contribution in [0, 0.1) is 0 Å². The molecular formula is C17H23NO2. The highest BCUT2D eigenvalue weighted by molar-refractivity contribution is 5.82. The van der Waals surface area contributed by atoms with Gasteiger partial charge in [0.15, 0.2) is 6.10 Å². The van der Waals surface area contributed by atoms with Gasteiger partial charge >= 0.3 is 0 Å². The van der Waals surface area contributed by atoms with Crippen molar-refractivity contribution in [2.45, 2.75) is 38.2 Å². The zero-order valence-corrected chi connectivity index (χ0v) is 12.1. The molecule has 1 aromatic carbocycles. The summed E-state index contributed by atoms with van der Waals surface area (Å²) in [6.07, 6.45) is 7.71. The minimum absolute atomic E-state index is 0.0601. The van der Waals surface area contributed by atoms with Crippen LogP contribution in [-0.4, -0.2) is 19.6 Å². The van der Waals surface area contributed by atoms with Crippen LogP contribution in [0.3, 0.4) is 0 Å².